The van der Waals surface area contributed by atoms with E-state index in [2.05, 4.69) is 116 Å². The van der Waals surface area contributed by atoms with Crippen LogP contribution in [-0.2, 0) is 147 Å². The number of fused-ring (bicyclic) bond motifs is 4. The van der Waals surface area contributed by atoms with E-state index in [0.29, 0.717) is 17.1 Å². The number of para-hydroxylation sites is 4. The summed E-state index contributed by atoms with van der Waals surface area (Å²) in [5, 5.41) is 40.0. The van der Waals surface area contributed by atoms with Gasteiger partial charge in [-0.1, -0.05) is 113 Å². The van der Waals surface area contributed by atoms with E-state index in [0.717, 1.165) is 82.8 Å². The Morgan fingerprint density at radius 1 is 0.385 bits per heavy atom. The monoisotopic (exact) mass is 2760 g/mol. The quantitative estimate of drug-likeness (QED) is 0.0566. The first kappa shape index (κ1) is 110. The van der Waals surface area contributed by atoms with Crippen LogP contribution < -0.4 is 0 Å². The molecule has 0 aliphatic carbocycles. The molecule has 0 spiro atoms. The summed E-state index contributed by atoms with van der Waals surface area (Å²) in [5.41, 5.74) is 10.3. The van der Waals surface area contributed by atoms with Crippen molar-refractivity contribution in [3.8, 4) is 65.7 Å². The van der Waals surface area contributed by atoms with Gasteiger partial charge < -0.3 is 39.8 Å². The molecule has 15 nitrogen and oxygen atoms in total. The normalized spacial score (nSPS) is 10.3. The van der Waals surface area contributed by atoms with E-state index in [1.807, 2.05) is 175 Å². The number of aromatic nitrogens is 6. The second-order valence-corrected chi connectivity index (χ2v) is 27.3. The van der Waals surface area contributed by atoms with Crippen LogP contribution >= 0.6 is 34.0 Å². The number of carbonyl (C=O) groups is 4. The minimum Gasteiger partial charge on any atom is -0.512 e. The summed E-state index contributed by atoms with van der Waals surface area (Å²) in [7, 11) is 0. The zero-order valence-electron chi connectivity index (χ0n) is 66.3. The molecule has 16 aromatic rings. The predicted octanol–water partition coefficient (Wildman–Crippen LogP) is 24.8. The molecule has 0 unspecified atom stereocenters. The van der Waals surface area contributed by atoms with Gasteiger partial charge in [0, 0.05) is 184 Å². The number of benzene rings is 9. The molecule has 0 aliphatic rings. The first-order valence-corrected chi connectivity index (χ1v) is 38.0. The smallest absolute Gasteiger partial charge is 0.381 e. The fourth-order valence-corrected chi connectivity index (χ4v) is 12.3. The minimum absolute atomic E-state index is 0. The van der Waals surface area contributed by atoms with Crippen LogP contribution in [0.1, 0.15) is 61.0 Å². The van der Waals surface area contributed by atoms with Crippen LogP contribution in [0.3, 0.4) is 0 Å². The van der Waals surface area contributed by atoms with Crippen LogP contribution in [0.25, 0.3) is 108 Å². The van der Waals surface area contributed by atoms with Crippen LogP contribution in [0.2, 0.25) is 0 Å². The van der Waals surface area contributed by atoms with E-state index in [1.165, 1.54) is 106 Å². The fourth-order valence-electron chi connectivity index (χ4n) is 9.76. The van der Waals surface area contributed by atoms with Gasteiger partial charge in [0.15, 0.2) is 23.1 Å². The molecule has 16 rings (SSSR count). The van der Waals surface area contributed by atoms with Crippen molar-refractivity contribution >= 4 is 99.4 Å². The number of oxazole rings is 1. The molecule has 0 aliphatic heterocycles. The standard InChI is InChI=1S/C17H10NS.C13H8NO.C13H8NS.C12H7F3N.C11H8N.C9H6NS.4C5H8O2.5Ir.Pt/c1-2-8-13-12(6-1)7-5-9-14(13)17-18-15-10-3-4-11-16(15)19-17;2*1-2-6-10(7-3-1)13-14-11-8-4-5-9-12(11)15-13;13-12(14,15)10-6-4-9(5-7-10)11-3-1-2-8-16-11;1-2-6-10(7-3-1)11-8-4-5-9-12-11;1-2-6-10-8(4-1)9-5-3-7-11-9;4*1-4(6)3-5(2)7;;;;;;/h1-8,10-11H;2*1-6,8-9H;1-4,6-8H;1-6,8-9H;1-4,6-7H;4*3,6H,1-2H3;;;;;;/q6*-1;;;;;;;;;;. The first-order chi connectivity index (χ1) is 55.8. The van der Waals surface area contributed by atoms with Gasteiger partial charge in [0.05, 0.1) is 39.6 Å². The molecule has 9 aromatic carbocycles. The van der Waals surface area contributed by atoms with Crippen LogP contribution in [0, 0.1) is 36.4 Å². The van der Waals surface area contributed by atoms with Crippen molar-refractivity contribution in [2.24, 2.45) is 0 Å². The summed E-state index contributed by atoms with van der Waals surface area (Å²) in [5.74, 6) is 0.372. The third-order valence-electron chi connectivity index (χ3n) is 14.4. The molecule has 27 heteroatoms. The number of thiophene rings is 1. The summed E-state index contributed by atoms with van der Waals surface area (Å²) < 4.78 is 44.9. The number of allylic oxidation sites excluding steroid dienone is 8. The molecule has 0 bridgehead atoms. The number of hydrogen-bond donors (Lipinski definition) is 4. The van der Waals surface area contributed by atoms with Crippen LogP contribution in [-0.4, -0.2) is 73.5 Å². The Morgan fingerprint density at radius 2 is 0.795 bits per heavy atom. The van der Waals surface area contributed by atoms with Gasteiger partial charge >= 0.3 is 6.18 Å². The van der Waals surface area contributed by atoms with E-state index in [1.54, 1.807) is 70.8 Å². The Balaban J connectivity index is 0.000000687. The van der Waals surface area contributed by atoms with Crippen molar-refractivity contribution in [1.82, 2.24) is 29.9 Å². The zero-order chi connectivity index (χ0) is 83.6. The Morgan fingerprint density at radius 3 is 1.20 bits per heavy atom. The first-order valence-electron chi connectivity index (χ1n) is 35.5. The number of halogens is 3. The topological polar surface area (TPSA) is 240 Å². The van der Waals surface area contributed by atoms with Crippen molar-refractivity contribution in [3.05, 3.63) is 374 Å². The van der Waals surface area contributed by atoms with Crippen LogP contribution in [0.4, 0.5) is 13.2 Å². The van der Waals surface area contributed by atoms with Gasteiger partial charge in [-0.15, -0.1) is 166 Å². The summed E-state index contributed by atoms with van der Waals surface area (Å²) >= 11 is 5.09. The Labute approximate surface area is 801 Å². The fraction of sp³-hybridized carbons (Fsp3) is 0.0947. The molecular weight excluding hydrogens is 2680 g/mol. The molecule has 122 heavy (non-hydrogen) atoms. The maximum atomic E-state index is 12.3. The van der Waals surface area contributed by atoms with Gasteiger partial charge in [0.2, 0.25) is 0 Å². The van der Waals surface area contributed by atoms with Crippen LogP contribution in [0.15, 0.2) is 337 Å². The molecule has 7 heterocycles. The largest absolute Gasteiger partial charge is 0.512 e. The number of ketones is 4. The van der Waals surface area contributed by atoms with E-state index < -0.39 is 11.7 Å². The Bertz CT molecular complexity index is 5470. The van der Waals surface area contributed by atoms with Crippen molar-refractivity contribution in [2.45, 2.75) is 61.6 Å². The molecule has 0 atom stereocenters. The number of carbonyl (C=O) groups excluding carboxylic acids is 4. The van der Waals surface area contributed by atoms with Crippen LogP contribution in [0.5, 0.6) is 0 Å². The van der Waals surface area contributed by atoms with Gasteiger partial charge in [-0.25, -0.2) is 11.3 Å². The SMILES string of the molecule is CC(=O)C=C(C)O.CC(=O)C=C(C)O.CC(=O)C=C(C)O.CC(=O)C=C(C)O.FC(F)(F)c1c[c-]c(-c2ccccn2)cc1.[Ir].[Ir].[Ir].[Ir].[Ir].[Pt].[c-]1ccc2ccccc2c1-c1nc2ccccc2s1.[c-]1ccccc1-c1ccccn1.[c-]1ccccc1-c1nc2ccccc2o1.[c-]1ccccc1-c1nc2ccccc2s1.[c-]1ccsc1-c1ccccn1. The summed E-state index contributed by atoms with van der Waals surface area (Å²) in [6, 6.07) is 101. The molecule has 0 saturated carbocycles. The number of aliphatic hydroxyl groups excluding tert-OH is 4. The third-order valence-corrected chi connectivity index (χ3v) is 17.4. The third kappa shape index (κ3) is 40.9. The Hall–Kier alpha value is -9.79. The molecule has 0 saturated heterocycles. The van der Waals surface area contributed by atoms with Gasteiger partial charge in [-0.2, -0.15) is 48.0 Å². The van der Waals surface area contributed by atoms with Crippen molar-refractivity contribution < 1.29 is 179 Å². The zero-order valence-corrected chi connectivity index (χ0v) is 83.0. The second-order valence-electron chi connectivity index (χ2n) is 24.3. The summed E-state index contributed by atoms with van der Waals surface area (Å²) in [6.07, 6.45) is 5.51. The number of rotatable bonds is 10. The number of hydrogen-bond acceptors (Lipinski definition) is 18. The van der Waals surface area contributed by atoms with Gasteiger partial charge in [-0.3, -0.25) is 34.1 Å². The average molecular weight is 2760 g/mol. The van der Waals surface area contributed by atoms with Crippen molar-refractivity contribution in [1.29, 1.82) is 0 Å². The Kier molecular flexibility index (Phi) is 54.1. The number of alkyl halides is 3. The summed E-state index contributed by atoms with van der Waals surface area (Å²) in [6.45, 7) is 11.4. The number of aliphatic hydroxyl groups is 4. The van der Waals surface area contributed by atoms with Gasteiger partial charge in [-0.05, 0) is 133 Å². The van der Waals surface area contributed by atoms with E-state index in [-0.39, 0.29) is 168 Å². The molecule has 7 aromatic heterocycles. The van der Waals surface area contributed by atoms with Gasteiger partial charge in [0.1, 0.15) is 11.5 Å². The van der Waals surface area contributed by atoms with E-state index in [4.69, 9.17) is 29.8 Å². The molecule has 5 radical (unpaired) electrons. The molecular formula is C95H79F3Ir5N6O9PtS3-6. The second kappa shape index (κ2) is 59.9. The van der Waals surface area contributed by atoms with Crippen molar-refractivity contribution in [3.63, 3.8) is 0 Å². The van der Waals surface area contributed by atoms with Crippen molar-refractivity contribution in [2.75, 3.05) is 0 Å². The number of thiazole rings is 2. The number of pyridine rings is 3. The minimum atomic E-state index is -4.32. The molecule has 4 N–H and O–H groups in total. The van der Waals surface area contributed by atoms with E-state index >= 15 is 0 Å². The maximum absolute atomic E-state index is 12.3. The maximum Gasteiger partial charge on any atom is 0.381 e. The summed E-state index contributed by atoms with van der Waals surface area (Å²) in [4.78, 5) is 67.3. The van der Waals surface area contributed by atoms with E-state index in [9.17, 15) is 32.3 Å². The molecule has 643 valence electrons. The predicted molar refractivity (Wildman–Crippen MR) is 460 cm³/mol. The molecule has 0 fully saturated rings. The number of nitrogens with zero attached hydrogens (tertiary/aromatic N) is 6. The average Bonchev–Trinajstić information content (AvgIpc) is 1.63. The molecule has 0 amide bonds. The van der Waals surface area contributed by atoms with Gasteiger partial charge in [0.25, 0.3) is 0 Å².